The van der Waals surface area contributed by atoms with Gasteiger partial charge in [0.15, 0.2) is 0 Å². The van der Waals surface area contributed by atoms with E-state index in [2.05, 4.69) is 19.2 Å². The molecule has 25 heavy (non-hydrogen) atoms. The van der Waals surface area contributed by atoms with Crippen molar-refractivity contribution in [3.05, 3.63) is 16.5 Å². The number of nitrogens with one attached hydrogen (secondary N) is 1. The molecule has 0 aliphatic carbocycles. The number of carbonyl (C=O) groups excluding carboxylic acids is 2. The quantitative estimate of drug-likeness (QED) is 0.619. The molecule has 0 saturated carbocycles. The van der Waals surface area contributed by atoms with Gasteiger partial charge in [-0.3, -0.25) is 9.69 Å². The molecule has 0 aliphatic rings. The van der Waals surface area contributed by atoms with Crippen LogP contribution >= 0.6 is 11.3 Å². The number of thiophene rings is 1. The van der Waals surface area contributed by atoms with Gasteiger partial charge in [0, 0.05) is 12.6 Å². The molecule has 1 aromatic rings. The number of anilines is 1. The molecule has 0 aliphatic heterocycles. The molecule has 0 atom stereocenters. The van der Waals surface area contributed by atoms with Gasteiger partial charge in [-0.25, -0.2) is 4.79 Å². The molecule has 0 unspecified atom stereocenters. The third-order valence-corrected chi connectivity index (χ3v) is 4.64. The van der Waals surface area contributed by atoms with Crippen molar-refractivity contribution >= 4 is 28.2 Å². The number of hydrogen-bond acceptors (Lipinski definition) is 6. The zero-order chi connectivity index (χ0) is 19.0. The predicted molar refractivity (Wildman–Crippen MR) is 101 cm³/mol. The van der Waals surface area contributed by atoms with E-state index in [0.29, 0.717) is 29.6 Å². The highest BCUT2D eigenvalue weighted by atomic mass is 32.1. The van der Waals surface area contributed by atoms with Crippen LogP contribution < -0.4 is 5.32 Å². The molecule has 0 aromatic carbocycles. The van der Waals surface area contributed by atoms with Gasteiger partial charge in [-0.15, -0.1) is 11.3 Å². The molecule has 1 heterocycles. The van der Waals surface area contributed by atoms with Crippen molar-refractivity contribution in [1.29, 1.82) is 0 Å². The minimum atomic E-state index is -0.397. The molecule has 142 valence electrons. The van der Waals surface area contributed by atoms with Crippen molar-refractivity contribution in [1.82, 2.24) is 4.90 Å². The summed E-state index contributed by atoms with van der Waals surface area (Å²) in [7, 11) is 0. The first kappa shape index (κ1) is 21.6. The first-order chi connectivity index (χ1) is 11.8. The Bertz CT molecular complexity index is 569. The molecule has 1 aromatic heterocycles. The summed E-state index contributed by atoms with van der Waals surface area (Å²) < 4.78 is 5.16. The summed E-state index contributed by atoms with van der Waals surface area (Å²) in [5.74, 6) is -0.205. The van der Waals surface area contributed by atoms with Crippen LogP contribution in [-0.4, -0.2) is 54.2 Å². The number of ether oxygens (including phenoxy) is 1. The topological polar surface area (TPSA) is 78.9 Å². The van der Waals surface area contributed by atoms with Crippen LogP contribution in [0.4, 0.5) is 5.00 Å². The SMILES string of the molecule is CCOC(=O)c1c(CC(C)C)csc1NC(=O)CN(CCO)C(C)C. The van der Waals surface area contributed by atoms with Crippen molar-refractivity contribution in [2.24, 2.45) is 5.92 Å². The summed E-state index contributed by atoms with van der Waals surface area (Å²) in [5.41, 5.74) is 1.37. The van der Waals surface area contributed by atoms with Gasteiger partial charge in [0.1, 0.15) is 5.00 Å². The van der Waals surface area contributed by atoms with Crippen LogP contribution in [0.1, 0.15) is 50.5 Å². The third kappa shape index (κ3) is 6.76. The first-order valence-electron chi connectivity index (χ1n) is 8.72. The normalized spacial score (nSPS) is 11.4. The van der Waals surface area contributed by atoms with Gasteiger partial charge in [0.2, 0.25) is 5.91 Å². The molecule has 6 nitrogen and oxygen atoms in total. The van der Waals surface area contributed by atoms with Crippen LogP contribution in [0, 0.1) is 5.92 Å². The van der Waals surface area contributed by atoms with E-state index in [1.807, 2.05) is 24.1 Å². The van der Waals surface area contributed by atoms with Gasteiger partial charge in [-0.05, 0) is 44.1 Å². The van der Waals surface area contributed by atoms with Gasteiger partial charge >= 0.3 is 5.97 Å². The Morgan fingerprint density at radius 2 is 2.00 bits per heavy atom. The second-order valence-electron chi connectivity index (χ2n) is 6.62. The summed E-state index contributed by atoms with van der Waals surface area (Å²) in [6, 6.07) is 0.141. The Labute approximate surface area is 154 Å². The summed E-state index contributed by atoms with van der Waals surface area (Å²) in [6.45, 7) is 10.8. The number of carbonyl (C=O) groups is 2. The summed E-state index contributed by atoms with van der Waals surface area (Å²) in [5, 5.41) is 14.4. The van der Waals surface area contributed by atoms with E-state index in [-0.39, 0.29) is 25.1 Å². The van der Waals surface area contributed by atoms with Crippen LogP contribution in [0.3, 0.4) is 0 Å². The Kier molecular flexibility index (Phi) is 9.10. The molecular formula is C18H30N2O4S. The fourth-order valence-corrected chi connectivity index (χ4v) is 3.48. The van der Waals surface area contributed by atoms with Gasteiger partial charge < -0.3 is 15.2 Å². The maximum Gasteiger partial charge on any atom is 0.341 e. The zero-order valence-electron chi connectivity index (χ0n) is 15.8. The van der Waals surface area contributed by atoms with E-state index >= 15 is 0 Å². The van der Waals surface area contributed by atoms with Gasteiger partial charge in [0.25, 0.3) is 0 Å². The molecule has 1 rings (SSSR count). The maximum absolute atomic E-state index is 12.4. The van der Waals surface area contributed by atoms with Gasteiger partial charge in [-0.2, -0.15) is 0 Å². The molecular weight excluding hydrogens is 340 g/mol. The highest BCUT2D eigenvalue weighted by Gasteiger charge is 2.23. The number of rotatable bonds is 10. The first-order valence-corrected chi connectivity index (χ1v) is 9.60. The van der Waals surface area contributed by atoms with Crippen LogP contribution in [0.15, 0.2) is 5.38 Å². The van der Waals surface area contributed by atoms with Gasteiger partial charge in [0.05, 0.1) is 25.3 Å². The lowest BCUT2D eigenvalue weighted by Crippen LogP contribution is -2.39. The maximum atomic E-state index is 12.4. The van der Waals surface area contributed by atoms with Crippen LogP contribution in [-0.2, 0) is 16.0 Å². The third-order valence-electron chi connectivity index (χ3n) is 3.69. The summed E-state index contributed by atoms with van der Waals surface area (Å²) in [6.07, 6.45) is 0.753. The monoisotopic (exact) mass is 370 g/mol. The Hall–Kier alpha value is -1.44. The molecule has 0 spiro atoms. The van der Waals surface area contributed by atoms with Crippen LogP contribution in [0.2, 0.25) is 0 Å². The fourth-order valence-electron chi connectivity index (χ4n) is 2.50. The van der Waals surface area contributed by atoms with E-state index in [1.165, 1.54) is 11.3 Å². The van der Waals surface area contributed by atoms with E-state index < -0.39 is 5.97 Å². The number of amides is 1. The molecule has 0 saturated heterocycles. The minimum absolute atomic E-state index is 0.00290. The van der Waals surface area contributed by atoms with E-state index in [1.54, 1.807) is 6.92 Å². The minimum Gasteiger partial charge on any atom is -0.462 e. The van der Waals surface area contributed by atoms with Crippen molar-refractivity contribution in [2.45, 2.75) is 47.1 Å². The van der Waals surface area contributed by atoms with E-state index in [4.69, 9.17) is 9.84 Å². The predicted octanol–water partition coefficient (Wildman–Crippen LogP) is 2.76. The lowest BCUT2D eigenvalue weighted by atomic mass is 10.0. The van der Waals surface area contributed by atoms with Crippen molar-refractivity contribution in [3.63, 3.8) is 0 Å². The fraction of sp³-hybridized carbons (Fsp3) is 0.667. The smallest absolute Gasteiger partial charge is 0.341 e. The van der Waals surface area contributed by atoms with Crippen molar-refractivity contribution in [2.75, 3.05) is 31.6 Å². The number of nitrogens with zero attached hydrogens (tertiary/aromatic N) is 1. The lowest BCUT2D eigenvalue weighted by Gasteiger charge is -2.24. The van der Waals surface area contributed by atoms with Crippen LogP contribution in [0.25, 0.3) is 0 Å². The summed E-state index contributed by atoms with van der Waals surface area (Å²) >= 11 is 1.35. The molecule has 7 heteroatoms. The molecule has 0 bridgehead atoms. The van der Waals surface area contributed by atoms with Crippen molar-refractivity contribution < 1.29 is 19.4 Å². The average Bonchev–Trinajstić information content (AvgIpc) is 2.88. The molecule has 0 fully saturated rings. The van der Waals surface area contributed by atoms with Crippen molar-refractivity contribution in [3.8, 4) is 0 Å². The molecule has 2 N–H and O–H groups in total. The van der Waals surface area contributed by atoms with Crippen LogP contribution in [0.5, 0.6) is 0 Å². The highest BCUT2D eigenvalue weighted by Crippen LogP contribution is 2.31. The molecule has 0 radical (unpaired) electrons. The highest BCUT2D eigenvalue weighted by molar-refractivity contribution is 7.15. The number of esters is 1. The molecule has 1 amide bonds. The standard InChI is InChI=1S/C18H30N2O4S/c1-6-24-18(23)16-14(9-12(2)3)11-25-17(16)19-15(22)10-20(7-8-21)13(4)5/h11-13,21H,6-10H2,1-5H3,(H,19,22). The average molecular weight is 371 g/mol. The van der Waals surface area contributed by atoms with Gasteiger partial charge in [-0.1, -0.05) is 13.8 Å². The van der Waals surface area contributed by atoms with E-state index in [0.717, 1.165) is 12.0 Å². The Balaban J connectivity index is 2.94. The number of aliphatic hydroxyl groups excluding tert-OH is 1. The second-order valence-corrected chi connectivity index (χ2v) is 7.50. The largest absolute Gasteiger partial charge is 0.462 e. The lowest BCUT2D eigenvalue weighted by molar-refractivity contribution is -0.117. The number of hydrogen-bond donors (Lipinski definition) is 2. The van der Waals surface area contributed by atoms with E-state index in [9.17, 15) is 9.59 Å². The Morgan fingerprint density at radius 1 is 1.32 bits per heavy atom. The number of aliphatic hydroxyl groups is 1. The zero-order valence-corrected chi connectivity index (χ0v) is 16.6. The Morgan fingerprint density at radius 3 is 2.52 bits per heavy atom. The second kappa shape index (κ2) is 10.5. The summed E-state index contributed by atoms with van der Waals surface area (Å²) in [4.78, 5) is 26.6.